The van der Waals surface area contributed by atoms with E-state index in [0.29, 0.717) is 12.0 Å². The van der Waals surface area contributed by atoms with Gasteiger partial charge in [-0.15, -0.1) is 6.58 Å². The maximum atomic E-state index is 5.72. The molecule has 1 aromatic carbocycles. The second-order valence-electron chi connectivity index (χ2n) is 4.19. The molecule has 2 rings (SSSR count). The van der Waals surface area contributed by atoms with Crippen molar-refractivity contribution in [3.05, 3.63) is 48.6 Å². The van der Waals surface area contributed by atoms with E-state index in [1.165, 1.54) is 5.56 Å². The van der Waals surface area contributed by atoms with E-state index in [4.69, 9.17) is 4.74 Å². The van der Waals surface area contributed by atoms with Gasteiger partial charge in [0.15, 0.2) is 0 Å². The fourth-order valence-electron chi connectivity index (χ4n) is 2.12. The molecule has 0 radical (unpaired) electrons. The topological polar surface area (TPSA) is 21.3 Å². The van der Waals surface area contributed by atoms with Crippen molar-refractivity contribution in [1.82, 2.24) is 5.32 Å². The lowest BCUT2D eigenvalue weighted by Gasteiger charge is -2.26. The van der Waals surface area contributed by atoms with Crippen LogP contribution in [0.3, 0.4) is 0 Å². The van der Waals surface area contributed by atoms with E-state index in [1.54, 1.807) is 0 Å². The normalized spacial score (nSPS) is 22.6. The third kappa shape index (κ3) is 2.94. The predicted molar refractivity (Wildman–Crippen MR) is 66.6 cm³/mol. The van der Waals surface area contributed by atoms with Crippen LogP contribution in [0.2, 0.25) is 0 Å². The lowest BCUT2D eigenvalue weighted by atomic mass is 9.93. The second kappa shape index (κ2) is 5.83. The number of rotatable bonds is 4. The first-order chi connectivity index (χ1) is 7.90. The van der Waals surface area contributed by atoms with E-state index >= 15 is 0 Å². The van der Waals surface area contributed by atoms with Gasteiger partial charge in [0.25, 0.3) is 0 Å². The average Bonchev–Trinajstić information content (AvgIpc) is 2.38. The Hall–Kier alpha value is -1.12. The standard InChI is InChI=1S/C14H19NO/c1-2-12(13-6-4-3-5-7-13)10-14-11-15-8-9-16-14/h2-7,12,14-15H,1,8-11H2. The zero-order valence-corrected chi connectivity index (χ0v) is 9.56. The van der Waals surface area contributed by atoms with Gasteiger partial charge in [-0.05, 0) is 12.0 Å². The maximum absolute atomic E-state index is 5.72. The maximum Gasteiger partial charge on any atom is 0.0708 e. The first-order valence-corrected chi connectivity index (χ1v) is 5.90. The van der Waals surface area contributed by atoms with Crippen molar-refractivity contribution in [3.63, 3.8) is 0 Å². The van der Waals surface area contributed by atoms with Crippen LogP contribution in [0.25, 0.3) is 0 Å². The quantitative estimate of drug-likeness (QED) is 0.782. The predicted octanol–water partition coefficient (Wildman–Crippen LogP) is 2.33. The van der Waals surface area contributed by atoms with Crippen LogP contribution >= 0.6 is 0 Å². The summed E-state index contributed by atoms with van der Waals surface area (Å²) in [5.41, 5.74) is 1.33. The minimum absolute atomic E-state index is 0.317. The monoisotopic (exact) mass is 217 g/mol. The third-order valence-electron chi connectivity index (χ3n) is 3.03. The highest BCUT2D eigenvalue weighted by molar-refractivity contribution is 5.23. The Labute approximate surface area is 97.3 Å². The summed E-state index contributed by atoms with van der Waals surface area (Å²) in [6, 6.07) is 10.5. The molecule has 86 valence electrons. The first kappa shape index (κ1) is 11.4. The smallest absolute Gasteiger partial charge is 0.0708 e. The van der Waals surface area contributed by atoms with Crippen LogP contribution in [0.1, 0.15) is 17.9 Å². The molecule has 1 aliphatic heterocycles. The number of morpholine rings is 1. The van der Waals surface area contributed by atoms with Gasteiger partial charge in [0.1, 0.15) is 0 Å². The molecule has 0 spiro atoms. The molecular formula is C14H19NO. The van der Waals surface area contributed by atoms with E-state index in [-0.39, 0.29) is 0 Å². The van der Waals surface area contributed by atoms with Crippen molar-refractivity contribution in [2.45, 2.75) is 18.4 Å². The lowest BCUT2D eigenvalue weighted by Crippen LogP contribution is -2.39. The number of hydrogen-bond acceptors (Lipinski definition) is 2. The molecule has 1 heterocycles. The van der Waals surface area contributed by atoms with Gasteiger partial charge in [0, 0.05) is 19.0 Å². The summed E-state index contributed by atoms with van der Waals surface area (Å²) in [7, 11) is 0. The van der Waals surface area contributed by atoms with Crippen molar-refractivity contribution in [2.75, 3.05) is 19.7 Å². The minimum Gasteiger partial charge on any atom is -0.376 e. The molecule has 1 aromatic rings. The first-order valence-electron chi connectivity index (χ1n) is 5.90. The van der Waals surface area contributed by atoms with Crippen LogP contribution in [0.15, 0.2) is 43.0 Å². The summed E-state index contributed by atoms with van der Waals surface area (Å²) < 4.78 is 5.72. The van der Waals surface area contributed by atoms with Gasteiger partial charge in [-0.3, -0.25) is 0 Å². The summed E-state index contributed by atoms with van der Waals surface area (Å²) in [5.74, 6) is 0.395. The van der Waals surface area contributed by atoms with Crippen molar-refractivity contribution >= 4 is 0 Å². The molecule has 0 amide bonds. The summed E-state index contributed by atoms with van der Waals surface area (Å²) >= 11 is 0. The molecule has 0 aliphatic carbocycles. The van der Waals surface area contributed by atoms with Gasteiger partial charge in [0.2, 0.25) is 0 Å². The van der Waals surface area contributed by atoms with E-state index < -0.39 is 0 Å². The molecule has 1 N–H and O–H groups in total. The Morgan fingerprint density at radius 3 is 2.88 bits per heavy atom. The molecule has 1 fully saturated rings. The van der Waals surface area contributed by atoms with Gasteiger partial charge >= 0.3 is 0 Å². The fourth-order valence-corrected chi connectivity index (χ4v) is 2.12. The van der Waals surface area contributed by atoms with Gasteiger partial charge in [-0.1, -0.05) is 36.4 Å². The minimum atomic E-state index is 0.317. The SMILES string of the molecule is C=CC(CC1CNCCO1)c1ccccc1. The summed E-state index contributed by atoms with van der Waals surface area (Å²) in [5, 5.41) is 3.36. The number of hydrogen-bond donors (Lipinski definition) is 1. The van der Waals surface area contributed by atoms with Crippen LogP contribution in [0, 0.1) is 0 Å². The average molecular weight is 217 g/mol. The van der Waals surface area contributed by atoms with Gasteiger partial charge in [-0.2, -0.15) is 0 Å². The Kier molecular flexibility index (Phi) is 4.14. The Morgan fingerprint density at radius 1 is 1.44 bits per heavy atom. The van der Waals surface area contributed by atoms with Gasteiger partial charge < -0.3 is 10.1 Å². The van der Waals surface area contributed by atoms with E-state index in [1.807, 2.05) is 12.1 Å². The highest BCUT2D eigenvalue weighted by atomic mass is 16.5. The van der Waals surface area contributed by atoms with Crippen molar-refractivity contribution in [3.8, 4) is 0 Å². The largest absolute Gasteiger partial charge is 0.376 e. The van der Waals surface area contributed by atoms with Gasteiger partial charge in [-0.25, -0.2) is 0 Å². The second-order valence-corrected chi connectivity index (χ2v) is 4.19. The Morgan fingerprint density at radius 2 is 2.25 bits per heavy atom. The van der Waals surface area contributed by atoms with Crippen molar-refractivity contribution in [1.29, 1.82) is 0 Å². The molecule has 0 bridgehead atoms. The molecule has 2 heteroatoms. The zero-order chi connectivity index (χ0) is 11.2. The molecule has 2 unspecified atom stereocenters. The van der Waals surface area contributed by atoms with Gasteiger partial charge in [0.05, 0.1) is 12.7 Å². The van der Waals surface area contributed by atoms with Crippen molar-refractivity contribution < 1.29 is 4.74 Å². The Balaban J connectivity index is 1.97. The Bertz CT molecular complexity index is 317. The van der Waals surface area contributed by atoms with E-state index in [2.05, 4.69) is 36.2 Å². The van der Waals surface area contributed by atoms with E-state index in [9.17, 15) is 0 Å². The van der Waals surface area contributed by atoms with Crippen molar-refractivity contribution in [2.24, 2.45) is 0 Å². The lowest BCUT2D eigenvalue weighted by molar-refractivity contribution is 0.0215. The molecule has 2 atom stereocenters. The highest BCUT2D eigenvalue weighted by Gasteiger charge is 2.18. The summed E-state index contributed by atoms with van der Waals surface area (Å²) in [6.07, 6.45) is 3.35. The van der Waals surface area contributed by atoms with Crippen LogP contribution in [-0.2, 0) is 4.74 Å². The zero-order valence-electron chi connectivity index (χ0n) is 9.56. The highest BCUT2D eigenvalue weighted by Crippen LogP contribution is 2.23. The fraction of sp³-hybridized carbons (Fsp3) is 0.429. The van der Waals surface area contributed by atoms with E-state index in [0.717, 1.165) is 26.1 Å². The van der Waals surface area contributed by atoms with Crippen LogP contribution in [0.4, 0.5) is 0 Å². The molecule has 2 nitrogen and oxygen atoms in total. The van der Waals surface area contributed by atoms with Crippen LogP contribution in [0.5, 0.6) is 0 Å². The molecule has 1 saturated heterocycles. The number of nitrogens with one attached hydrogen (secondary N) is 1. The molecular weight excluding hydrogens is 198 g/mol. The molecule has 0 aromatic heterocycles. The van der Waals surface area contributed by atoms with Crippen LogP contribution < -0.4 is 5.32 Å². The summed E-state index contributed by atoms with van der Waals surface area (Å²) in [6.45, 7) is 6.68. The van der Waals surface area contributed by atoms with Crippen LogP contribution in [-0.4, -0.2) is 25.8 Å². The number of allylic oxidation sites excluding steroid dienone is 1. The number of ether oxygens (including phenoxy) is 1. The molecule has 16 heavy (non-hydrogen) atoms. The third-order valence-corrected chi connectivity index (χ3v) is 3.03. The molecule has 1 aliphatic rings. The molecule has 0 saturated carbocycles. The number of benzene rings is 1. The summed E-state index contributed by atoms with van der Waals surface area (Å²) in [4.78, 5) is 0.